The van der Waals surface area contributed by atoms with E-state index in [-0.39, 0.29) is 17.2 Å². The molecule has 0 bridgehead atoms. The molecule has 1 heterocycles. The van der Waals surface area contributed by atoms with Crippen LogP contribution in [0, 0.1) is 0 Å². The minimum absolute atomic E-state index is 0.0117. The number of benzene rings is 1. The maximum absolute atomic E-state index is 12.8. The third-order valence-corrected chi connectivity index (χ3v) is 3.00. The quantitative estimate of drug-likeness (QED) is 0.939. The fourth-order valence-electron chi connectivity index (χ4n) is 2.10. The van der Waals surface area contributed by atoms with Gasteiger partial charge in [-0.3, -0.25) is 0 Å². The van der Waals surface area contributed by atoms with Crippen LogP contribution in [0.25, 0.3) is 5.69 Å². The highest BCUT2D eigenvalue weighted by Crippen LogP contribution is 2.31. The van der Waals surface area contributed by atoms with Gasteiger partial charge in [0.1, 0.15) is 5.56 Å². The summed E-state index contributed by atoms with van der Waals surface area (Å²) in [5.74, 6) is -1.36. The monoisotopic (exact) mass is 298 g/mol. The Morgan fingerprint density at radius 1 is 1.33 bits per heavy atom. The van der Waals surface area contributed by atoms with Crippen LogP contribution >= 0.6 is 0 Å². The summed E-state index contributed by atoms with van der Waals surface area (Å²) in [6, 6.07) is 4.63. The molecular formula is C14H13F3N2O2. The van der Waals surface area contributed by atoms with Crippen LogP contribution in [0.4, 0.5) is 13.2 Å². The van der Waals surface area contributed by atoms with E-state index in [4.69, 9.17) is 5.11 Å². The molecule has 0 saturated heterocycles. The highest BCUT2D eigenvalue weighted by Gasteiger charge is 2.31. The van der Waals surface area contributed by atoms with Gasteiger partial charge in [-0.15, -0.1) is 0 Å². The van der Waals surface area contributed by atoms with E-state index in [0.29, 0.717) is 5.69 Å². The number of alkyl halides is 3. The molecule has 0 radical (unpaired) electrons. The van der Waals surface area contributed by atoms with Gasteiger partial charge in [0.2, 0.25) is 0 Å². The largest absolute Gasteiger partial charge is 0.478 e. The Labute approximate surface area is 118 Å². The molecule has 0 aliphatic heterocycles. The number of nitrogens with zero attached hydrogens (tertiary/aromatic N) is 2. The highest BCUT2D eigenvalue weighted by molar-refractivity contribution is 5.89. The molecule has 2 rings (SSSR count). The number of aromatic nitrogens is 2. The minimum atomic E-state index is -4.46. The van der Waals surface area contributed by atoms with Crippen LogP contribution in [0.5, 0.6) is 0 Å². The molecule has 7 heteroatoms. The first-order valence-electron chi connectivity index (χ1n) is 6.20. The smallest absolute Gasteiger partial charge is 0.416 e. The minimum Gasteiger partial charge on any atom is -0.478 e. The average molecular weight is 298 g/mol. The molecule has 0 amide bonds. The molecule has 2 aromatic rings. The topological polar surface area (TPSA) is 55.1 Å². The van der Waals surface area contributed by atoms with E-state index in [0.717, 1.165) is 18.3 Å². The van der Waals surface area contributed by atoms with Gasteiger partial charge in [0.05, 0.1) is 23.1 Å². The van der Waals surface area contributed by atoms with Gasteiger partial charge < -0.3 is 5.11 Å². The van der Waals surface area contributed by atoms with Gasteiger partial charge in [0.25, 0.3) is 0 Å². The number of carbonyl (C=O) groups is 1. The van der Waals surface area contributed by atoms with Crippen LogP contribution in [0.2, 0.25) is 0 Å². The summed E-state index contributed by atoms with van der Waals surface area (Å²) in [5, 5.41) is 13.0. The number of halogens is 3. The SMILES string of the molecule is CC(C)c1c(C(=O)O)cnn1-c1cccc(C(F)(F)F)c1. The van der Waals surface area contributed by atoms with Crippen molar-refractivity contribution in [3.63, 3.8) is 0 Å². The molecule has 0 unspecified atom stereocenters. The lowest BCUT2D eigenvalue weighted by Crippen LogP contribution is -2.10. The van der Waals surface area contributed by atoms with Crippen molar-refractivity contribution in [2.75, 3.05) is 0 Å². The molecule has 0 saturated carbocycles. The van der Waals surface area contributed by atoms with Crippen molar-refractivity contribution in [2.24, 2.45) is 0 Å². The van der Waals surface area contributed by atoms with Crippen LogP contribution < -0.4 is 0 Å². The second-order valence-electron chi connectivity index (χ2n) is 4.86. The van der Waals surface area contributed by atoms with Crippen LogP contribution in [-0.4, -0.2) is 20.9 Å². The summed E-state index contributed by atoms with van der Waals surface area (Å²) in [4.78, 5) is 11.2. The van der Waals surface area contributed by atoms with Crippen LogP contribution in [0.1, 0.15) is 41.4 Å². The van der Waals surface area contributed by atoms with E-state index in [9.17, 15) is 18.0 Å². The molecule has 0 fully saturated rings. The van der Waals surface area contributed by atoms with E-state index in [1.165, 1.54) is 16.8 Å². The lowest BCUT2D eigenvalue weighted by Gasteiger charge is -2.13. The Bertz CT molecular complexity index is 675. The van der Waals surface area contributed by atoms with E-state index in [2.05, 4.69) is 5.10 Å². The Kier molecular flexibility index (Phi) is 3.76. The van der Waals surface area contributed by atoms with Crippen molar-refractivity contribution in [3.05, 3.63) is 47.3 Å². The average Bonchev–Trinajstić information content (AvgIpc) is 2.82. The number of aromatic carboxylic acids is 1. The van der Waals surface area contributed by atoms with Crippen LogP contribution in [-0.2, 0) is 6.18 Å². The predicted molar refractivity (Wildman–Crippen MR) is 69.6 cm³/mol. The van der Waals surface area contributed by atoms with Gasteiger partial charge in [-0.1, -0.05) is 19.9 Å². The van der Waals surface area contributed by atoms with Crippen LogP contribution in [0.15, 0.2) is 30.5 Å². The standard InChI is InChI=1S/C14H13F3N2O2/c1-8(2)12-11(13(20)21)7-18-19(12)10-5-3-4-9(6-10)14(15,16)17/h3-8H,1-2H3,(H,20,21). The van der Waals surface area contributed by atoms with Gasteiger partial charge >= 0.3 is 12.1 Å². The second kappa shape index (κ2) is 5.23. The first-order chi connectivity index (χ1) is 9.71. The maximum Gasteiger partial charge on any atom is 0.416 e. The fraction of sp³-hybridized carbons (Fsp3) is 0.286. The molecule has 0 aliphatic carbocycles. The van der Waals surface area contributed by atoms with Crippen molar-refractivity contribution in [2.45, 2.75) is 25.9 Å². The predicted octanol–water partition coefficient (Wildman–Crippen LogP) is 3.71. The van der Waals surface area contributed by atoms with Crippen LogP contribution in [0.3, 0.4) is 0 Å². The number of hydrogen-bond acceptors (Lipinski definition) is 2. The highest BCUT2D eigenvalue weighted by atomic mass is 19.4. The zero-order chi connectivity index (χ0) is 15.8. The van der Waals surface area contributed by atoms with E-state index >= 15 is 0 Å². The molecule has 21 heavy (non-hydrogen) atoms. The van der Waals surface area contributed by atoms with Gasteiger partial charge in [0.15, 0.2) is 0 Å². The van der Waals surface area contributed by atoms with Crippen molar-refractivity contribution < 1.29 is 23.1 Å². The van der Waals surface area contributed by atoms with Gasteiger partial charge in [-0.05, 0) is 24.1 Å². The number of carboxylic acid groups (broad SMARTS) is 1. The summed E-state index contributed by atoms with van der Waals surface area (Å²) < 4.78 is 39.5. The first-order valence-corrected chi connectivity index (χ1v) is 6.20. The normalized spacial score (nSPS) is 11.9. The lowest BCUT2D eigenvalue weighted by molar-refractivity contribution is -0.137. The Morgan fingerprint density at radius 2 is 2.00 bits per heavy atom. The van der Waals surface area contributed by atoms with Crippen molar-refractivity contribution in [3.8, 4) is 5.69 Å². The third-order valence-electron chi connectivity index (χ3n) is 3.00. The first kappa shape index (κ1) is 15.1. The summed E-state index contributed by atoms with van der Waals surface area (Å²) in [6.07, 6.45) is -3.31. The third kappa shape index (κ3) is 2.91. The van der Waals surface area contributed by atoms with E-state index in [1.807, 2.05) is 0 Å². The van der Waals surface area contributed by atoms with Crippen molar-refractivity contribution in [1.82, 2.24) is 9.78 Å². The molecule has 0 spiro atoms. The second-order valence-corrected chi connectivity index (χ2v) is 4.86. The Morgan fingerprint density at radius 3 is 2.52 bits per heavy atom. The Hall–Kier alpha value is -2.31. The Balaban J connectivity index is 2.60. The van der Waals surface area contributed by atoms with Gasteiger partial charge in [0, 0.05) is 0 Å². The summed E-state index contributed by atoms with van der Waals surface area (Å²) in [7, 11) is 0. The number of rotatable bonds is 3. The zero-order valence-electron chi connectivity index (χ0n) is 11.3. The molecule has 1 aromatic carbocycles. The summed E-state index contributed by atoms with van der Waals surface area (Å²) in [6.45, 7) is 3.52. The maximum atomic E-state index is 12.8. The zero-order valence-corrected chi connectivity index (χ0v) is 11.3. The van der Waals surface area contributed by atoms with Crippen molar-refractivity contribution in [1.29, 1.82) is 0 Å². The van der Waals surface area contributed by atoms with E-state index in [1.54, 1.807) is 13.8 Å². The fourth-order valence-corrected chi connectivity index (χ4v) is 2.10. The van der Waals surface area contributed by atoms with Crippen molar-refractivity contribution >= 4 is 5.97 Å². The lowest BCUT2D eigenvalue weighted by atomic mass is 10.1. The molecule has 1 aromatic heterocycles. The molecule has 0 aliphatic rings. The number of carboxylic acids is 1. The molecular weight excluding hydrogens is 285 g/mol. The van der Waals surface area contributed by atoms with E-state index < -0.39 is 17.7 Å². The van der Waals surface area contributed by atoms with Gasteiger partial charge in [-0.2, -0.15) is 18.3 Å². The molecule has 112 valence electrons. The summed E-state index contributed by atoms with van der Waals surface area (Å²) in [5.41, 5.74) is -0.271. The molecule has 0 atom stereocenters. The molecule has 4 nitrogen and oxygen atoms in total. The number of hydrogen-bond donors (Lipinski definition) is 1. The summed E-state index contributed by atoms with van der Waals surface area (Å²) >= 11 is 0. The van der Waals surface area contributed by atoms with Gasteiger partial charge in [-0.25, -0.2) is 9.48 Å². The molecule has 1 N–H and O–H groups in total.